The first-order valence-corrected chi connectivity index (χ1v) is 15.2. The van der Waals surface area contributed by atoms with Crippen molar-refractivity contribution in [3.05, 3.63) is 99.3 Å². The Labute approximate surface area is 251 Å². The number of nitrogens with one attached hydrogen (secondary N) is 1. The lowest BCUT2D eigenvalue weighted by Crippen LogP contribution is -2.42. The number of halogens is 3. The maximum atomic E-state index is 13.5. The van der Waals surface area contributed by atoms with Crippen LogP contribution in [0.15, 0.2) is 65.6 Å². The van der Waals surface area contributed by atoms with E-state index in [1.54, 1.807) is 6.07 Å². The van der Waals surface area contributed by atoms with Crippen LogP contribution in [-0.4, -0.2) is 60.2 Å². The van der Waals surface area contributed by atoms with E-state index in [-0.39, 0.29) is 46.3 Å². The van der Waals surface area contributed by atoms with Crippen molar-refractivity contribution in [3.63, 3.8) is 0 Å². The fourth-order valence-electron chi connectivity index (χ4n) is 4.46. The van der Waals surface area contributed by atoms with Crippen molar-refractivity contribution in [1.82, 2.24) is 10.2 Å². The minimum Gasteiger partial charge on any atom is -0.507 e. The molecule has 2 amide bonds. The molecule has 0 bridgehead atoms. The van der Waals surface area contributed by atoms with Crippen molar-refractivity contribution < 1.29 is 37.4 Å². The van der Waals surface area contributed by atoms with Gasteiger partial charge in [0.2, 0.25) is 5.91 Å². The van der Waals surface area contributed by atoms with E-state index in [9.17, 15) is 37.4 Å². The van der Waals surface area contributed by atoms with Gasteiger partial charge < -0.3 is 20.4 Å². The van der Waals surface area contributed by atoms with Crippen molar-refractivity contribution in [3.8, 4) is 5.75 Å². The van der Waals surface area contributed by atoms with Gasteiger partial charge in [0.15, 0.2) is 9.84 Å². The molecule has 1 unspecified atom stereocenters. The summed E-state index contributed by atoms with van der Waals surface area (Å²) < 4.78 is 37.2. The van der Waals surface area contributed by atoms with Gasteiger partial charge in [0.1, 0.15) is 17.6 Å². The normalized spacial score (nSPS) is 15.7. The topological polar surface area (TPSA) is 141 Å². The van der Waals surface area contributed by atoms with Crippen LogP contribution in [0.5, 0.6) is 5.75 Å². The molecule has 0 saturated heterocycles. The van der Waals surface area contributed by atoms with Crippen molar-refractivity contribution in [1.29, 1.82) is 0 Å². The van der Waals surface area contributed by atoms with Gasteiger partial charge in [0.05, 0.1) is 20.9 Å². The predicted octanol–water partition coefficient (Wildman–Crippen LogP) is 4.35. The van der Waals surface area contributed by atoms with Crippen molar-refractivity contribution in [2.45, 2.75) is 29.3 Å². The number of alkyl halides is 1. The average Bonchev–Trinajstić information content (AvgIpc) is 2.92. The zero-order valence-electron chi connectivity index (χ0n) is 22.1. The van der Waals surface area contributed by atoms with E-state index < -0.39 is 44.9 Å². The first kappa shape index (κ1) is 31.0. The molecule has 220 valence electrons. The van der Waals surface area contributed by atoms with Gasteiger partial charge in [0, 0.05) is 37.4 Å². The Morgan fingerprint density at radius 2 is 1.90 bits per heavy atom. The van der Waals surface area contributed by atoms with Gasteiger partial charge in [-0.05, 0) is 65.2 Å². The summed E-state index contributed by atoms with van der Waals surface area (Å²) in [5.41, 5.74) is 1.62. The molecule has 0 spiro atoms. The number of aromatic hydroxyl groups is 1. The van der Waals surface area contributed by atoms with Crippen molar-refractivity contribution >= 4 is 56.9 Å². The van der Waals surface area contributed by atoms with Gasteiger partial charge in [-0.15, -0.1) is 11.6 Å². The van der Waals surface area contributed by atoms with Crippen LogP contribution in [-0.2, 0) is 32.4 Å². The summed E-state index contributed by atoms with van der Waals surface area (Å²) in [6.07, 6.45) is 3.33. The Hall–Kier alpha value is -3.93. The van der Waals surface area contributed by atoms with Gasteiger partial charge in [-0.3, -0.25) is 9.59 Å². The molecule has 13 heteroatoms. The number of fused-ring (bicyclic) bond motifs is 1. The number of sulfone groups is 1. The monoisotopic (exact) mass is 634 g/mol. The third kappa shape index (κ3) is 7.28. The van der Waals surface area contributed by atoms with E-state index in [2.05, 4.69) is 5.32 Å². The van der Waals surface area contributed by atoms with Gasteiger partial charge >= 0.3 is 5.97 Å². The maximum absolute atomic E-state index is 13.5. The van der Waals surface area contributed by atoms with E-state index >= 15 is 0 Å². The zero-order valence-corrected chi connectivity index (χ0v) is 24.4. The molecule has 0 radical (unpaired) electrons. The van der Waals surface area contributed by atoms with Crippen LogP contribution in [0, 0.1) is 5.82 Å². The number of hydrogen-bond acceptors (Lipinski definition) is 6. The molecule has 1 aliphatic rings. The first-order valence-electron chi connectivity index (χ1n) is 12.5. The van der Waals surface area contributed by atoms with E-state index in [1.165, 1.54) is 53.5 Å². The lowest BCUT2D eigenvalue weighted by Gasteiger charge is -2.32. The SMILES string of the molecule is CS(=O)(=O)c1cccc(C[C@H](NC(=O)c2cc3c(cc2Cl)CN(C(=O)/C=C/c2cc(F)ccc2O)CC3Cl)C(=O)O)c1. The maximum Gasteiger partial charge on any atom is 0.326 e. The number of hydrogen-bond donors (Lipinski definition) is 3. The highest BCUT2D eigenvalue weighted by atomic mass is 35.5. The van der Waals surface area contributed by atoms with E-state index in [0.29, 0.717) is 16.7 Å². The molecule has 0 aromatic heterocycles. The Balaban J connectivity index is 1.50. The van der Waals surface area contributed by atoms with Gasteiger partial charge in [-0.1, -0.05) is 23.7 Å². The number of phenols is 1. The van der Waals surface area contributed by atoms with Crippen LogP contribution in [0.2, 0.25) is 5.02 Å². The number of nitrogens with zero attached hydrogens (tertiary/aromatic N) is 1. The molecular formula is C29H25Cl2FN2O7S. The number of carboxylic acid groups (broad SMARTS) is 1. The lowest BCUT2D eigenvalue weighted by atomic mass is 9.96. The van der Waals surface area contributed by atoms with Crippen molar-refractivity contribution in [2.75, 3.05) is 12.8 Å². The molecular weight excluding hydrogens is 610 g/mol. The lowest BCUT2D eigenvalue weighted by molar-refractivity contribution is -0.139. The second-order valence-electron chi connectivity index (χ2n) is 9.74. The molecule has 9 nitrogen and oxygen atoms in total. The molecule has 1 heterocycles. The molecule has 3 aromatic carbocycles. The van der Waals surface area contributed by atoms with Crippen LogP contribution < -0.4 is 5.32 Å². The Bertz CT molecular complexity index is 1710. The quantitative estimate of drug-likeness (QED) is 0.247. The second-order valence-corrected chi connectivity index (χ2v) is 12.7. The minimum atomic E-state index is -3.51. The number of carbonyl (C=O) groups is 3. The smallest absolute Gasteiger partial charge is 0.326 e. The summed E-state index contributed by atoms with van der Waals surface area (Å²) in [6.45, 7) is 0.177. The highest BCUT2D eigenvalue weighted by Gasteiger charge is 2.29. The Morgan fingerprint density at radius 1 is 1.17 bits per heavy atom. The predicted molar refractivity (Wildman–Crippen MR) is 155 cm³/mol. The number of benzene rings is 3. The summed E-state index contributed by atoms with van der Waals surface area (Å²) in [7, 11) is -3.51. The molecule has 2 atom stereocenters. The van der Waals surface area contributed by atoms with Gasteiger partial charge in [-0.25, -0.2) is 17.6 Å². The summed E-state index contributed by atoms with van der Waals surface area (Å²) in [4.78, 5) is 39.3. The van der Waals surface area contributed by atoms with Gasteiger partial charge in [0.25, 0.3) is 5.91 Å². The van der Waals surface area contributed by atoms with E-state index in [4.69, 9.17) is 23.2 Å². The summed E-state index contributed by atoms with van der Waals surface area (Å²) in [5.74, 6) is -3.30. The molecule has 0 saturated carbocycles. The number of amides is 2. The first-order chi connectivity index (χ1) is 19.7. The van der Waals surface area contributed by atoms with E-state index in [1.807, 2.05) is 0 Å². The molecule has 4 rings (SSSR count). The van der Waals surface area contributed by atoms with E-state index in [0.717, 1.165) is 18.4 Å². The Morgan fingerprint density at radius 3 is 2.60 bits per heavy atom. The van der Waals surface area contributed by atoms with Crippen LogP contribution in [0.1, 0.15) is 38.0 Å². The largest absolute Gasteiger partial charge is 0.507 e. The summed E-state index contributed by atoms with van der Waals surface area (Å²) in [5, 5.41) is 21.3. The number of aliphatic carboxylic acids is 1. The van der Waals surface area contributed by atoms with Crippen LogP contribution in [0.4, 0.5) is 4.39 Å². The highest BCUT2D eigenvalue weighted by Crippen LogP contribution is 2.35. The fraction of sp³-hybridized carbons (Fsp3) is 0.207. The standard InChI is InChI=1S/C29H25Cl2FN2O7S/c1-42(40,41)20-4-2-3-16(9-20)10-25(29(38)39)33-28(37)22-13-21-18(12-23(22)30)14-34(15-24(21)31)27(36)8-5-17-11-19(32)6-7-26(17)35/h2-9,11-13,24-25,35H,10,14-15H2,1H3,(H,33,37)(H,38,39)/b8-5+/t24?,25-/m0/s1. The highest BCUT2D eigenvalue weighted by molar-refractivity contribution is 7.90. The molecule has 3 aromatic rings. The van der Waals surface area contributed by atoms with Gasteiger partial charge in [-0.2, -0.15) is 0 Å². The third-order valence-corrected chi connectivity index (χ3v) is 8.43. The van der Waals surface area contributed by atoms with Crippen molar-refractivity contribution in [2.24, 2.45) is 0 Å². The van der Waals surface area contributed by atoms with Crippen LogP contribution in [0.3, 0.4) is 0 Å². The fourth-order valence-corrected chi connectivity index (χ4v) is 5.80. The number of carbonyl (C=O) groups excluding carboxylic acids is 2. The second kappa shape index (κ2) is 12.5. The molecule has 1 aliphatic heterocycles. The molecule has 42 heavy (non-hydrogen) atoms. The zero-order chi connectivity index (χ0) is 30.8. The van der Waals surface area contributed by atoms with Crippen LogP contribution >= 0.6 is 23.2 Å². The van der Waals surface area contributed by atoms with Crippen LogP contribution in [0.25, 0.3) is 6.08 Å². The summed E-state index contributed by atoms with van der Waals surface area (Å²) in [6, 6.07) is 10.7. The number of carboxylic acids is 1. The molecule has 0 fully saturated rings. The number of phenolic OH excluding ortho intramolecular Hbond substituents is 1. The average molecular weight is 635 g/mol. The summed E-state index contributed by atoms with van der Waals surface area (Å²) >= 11 is 13.0. The molecule has 0 aliphatic carbocycles. The minimum absolute atomic E-state index is 0.00727. The Kier molecular flexibility index (Phi) is 9.24. The number of rotatable bonds is 8. The third-order valence-electron chi connectivity index (χ3n) is 6.63. The molecule has 3 N–H and O–H groups in total.